The van der Waals surface area contributed by atoms with E-state index >= 15 is 0 Å². The first-order chi connectivity index (χ1) is 7.19. The summed E-state index contributed by atoms with van der Waals surface area (Å²) in [5.41, 5.74) is -0.0756. The van der Waals surface area contributed by atoms with Crippen molar-refractivity contribution in [1.29, 1.82) is 0 Å². The van der Waals surface area contributed by atoms with Gasteiger partial charge >= 0.3 is 0 Å². The molecule has 0 aromatic heterocycles. The van der Waals surface area contributed by atoms with Crippen molar-refractivity contribution >= 4 is 11.6 Å². The summed E-state index contributed by atoms with van der Waals surface area (Å²) in [6.45, 7) is 1.86. The Morgan fingerprint density at radius 2 is 1.93 bits per heavy atom. The first-order valence-corrected chi connectivity index (χ1v) is 6.27. The van der Waals surface area contributed by atoms with Crippen LogP contribution in [0, 0.1) is 11.3 Å². The van der Waals surface area contributed by atoms with Crippen LogP contribution in [0.25, 0.3) is 0 Å². The molecule has 0 amide bonds. The fraction of sp³-hybridized carbons (Fsp3) is 0.846. The summed E-state index contributed by atoms with van der Waals surface area (Å²) in [6, 6.07) is 0. The summed E-state index contributed by atoms with van der Waals surface area (Å²) < 4.78 is 0. The van der Waals surface area contributed by atoms with Gasteiger partial charge in [0.15, 0.2) is 0 Å². The third-order valence-corrected chi connectivity index (χ3v) is 4.30. The molecular weight excluding hydrogens is 188 g/mol. The molecule has 2 heteroatoms. The van der Waals surface area contributed by atoms with Crippen LogP contribution in [-0.2, 0) is 9.59 Å². The van der Waals surface area contributed by atoms with E-state index < -0.39 is 0 Å². The maximum absolute atomic E-state index is 12.3. The highest BCUT2D eigenvalue weighted by Gasteiger charge is 2.49. The standard InChI is InChI=1S/C13H20O2/c1-2-11(14)10-6-9-13(12(10)15)7-4-3-5-8-13/h10H,2-9H2,1H3. The van der Waals surface area contributed by atoms with Crippen molar-refractivity contribution in [3.63, 3.8) is 0 Å². The topological polar surface area (TPSA) is 34.1 Å². The first-order valence-electron chi connectivity index (χ1n) is 6.27. The number of hydrogen-bond acceptors (Lipinski definition) is 2. The maximum atomic E-state index is 12.3. The predicted octanol–water partition coefficient (Wildman–Crippen LogP) is 2.90. The van der Waals surface area contributed by atoms with Gasteiger partial charge in [0, 0.05) is 11.8 Å². The van der Waals surface area contributed by atoms with E-state index in [-0.39, 0.29) is 22.9 Å². The van der Waals surface area contributed by atoms with Crippen molar-refractivity contribution in [1.82, 2.24) is 0 Å². The summed E-state index contributed by atoms with van der Waals surface area (Å²) in [6.07, 6.45) is 8.03. The molecule has 0 aromatic rings. The van der Waals surface area contributed by atoms with E-state index in [0.29, 0.717) is 6.42 Å². The Labute approximate surface area is 91.4 Å². The molecule has 1 spiro atoms. The van der Waals surface area contributed by atoms with Crippen LogP contribution >= 0.6 is 0 Å². The molecular formula is C13H20O2. The number of hydrogen-bond donors (Lipinski definition) is 0. The summed E-state index contributed by atoms with van der Waals surface area (Å²) in [5.74, 6) is 0.213. The number of ketones is 2. The molecule has 1 unspecified atom stereocenters. The average molecular weight is 208 g/mol. The highest BCUT2D eigenvalue weighted by atomic mass is 16.2. The fourth-order valence-electron chi connectivity index (χ4n) is 3.32. The number of carbonyl (C=O) groups excluding carboxylic acids is 2. The lowest BCUT2D eigenvalue weighted by Gasteiger charge is -2.31. The van der Waals surface area contributed by atoms with E-state index in [0.717, 1.165) is 25.7 Å². The largest absolute Gasteiger partial charge is 0.299 e. The van der Waals surface area contributed by atoms with Gasteiger partial charge < -0.3 is 0 Å². The lowest BCUT2D eigenvalue weighted by atomic mass is 9.71. The quantitative estimate of drug-likeness (QED) is 0.654. The third kappa shape index (κ3) is 1.75. The van der Waals surface area contributed by atoms with Crippen LogP contribution in [0.5, 0.6) is 0 Å². The summed E-state index contributed by atoms with van der Waals surface area (Å²) in [4.78, 5) is 23.9. The molecule has 0 saturated heterocycles. The molecule has 2 aliphatic carbocycles. The zero-order valence-corrected chi connectivity index (χ0v) is 9.55. The van der Waals surface area contributed by atoms with E-state index in [9.17, 15) is 9.59 Å². The SMILES string of the molecule is CCC(=O)C1CCC2(CCCCC2)C1=O. The van der Waals surface area contributed by atoms with E-state index in [1.54, 1.807) is 0 Å². The Morgan fingerprint density at radius 3 is 2.53 bits per heavy atom. The minimum Gasteiger partial charge on any atom is -0.299 e. The van der Waals surface area contributed by atoms with Gasteiger partial charge in [-0.1, -0.05) is 26.2 Å². The van der Waals surface area contributed by atoms with Gasteiger partial charge in [-0.2, -0.15) is 0 Å². The van der Waals surface area contributed by atoms with E-state index in [1.807, 2.05) is 6.92 Å². The van der Waals surface area contributed by atoms with Crippen LogP contribution in [-0.4, -0.2) is 11.6 Å². The van der Waals surface area contributed by atoms with Crippen LogP contribution in [0.2, 0.25) is 0 Å². The highest BCUT2D eigenvalue weighted by Crippen LogP contribution is 2.48. The molecule has 84 valence electrons. The van der Waals surface area contributed by atoms with Crippen molar-refractivity contribution in [2.45, 2.75) is 58.3 Å². The van der Waals surface area contributed by atoms with Crippen molar-refractivity contribution in [2.24, 2.45) is 11.3 Å². The highest BCUT2D eigenvalue weighted by molar-refractivity contribution is 6.06. The van der Waals surface area contributed by atoms with Gasteiger partial charge in [-0.15, -0.1) is 0 Å². The van der Waals surface area contributed by atoms with Crippen molar-refractivity contribution < 1.29 is 9.59 Å². The molecule has 0 bridgehead atoms. The number of Topliss-reactive ketones (excluding diaryl/α,β-unsaturated/α-hetero) is 2. The second kappa shape index (κ2) is 4.07. The minimum atomic E-state index is -0.243. The second-order valence-electron chi connectivity index (χ2n) is 5.12. The summed E-state index contributed by atoms with van der Waals surface area (Å²) in [5, 5.41) is 0. The van der Waals surface area contributed by atoms with Crippen LogP contribution in [0.4, 0.5) is 0 Å². The lowest BCUT2D eigenvalue weighted by molar-refractivity contribution is -0.136. The smallest absolute Gasteiger partial charge is 0.149 e. The second-order valence-corrected chi connectivity index (χ2v) is 5.12. The van der Waals surface area contributed by atoms with Gasteiger partial charge in [0.2, 0.25) is 0 Å². The van der Waals surface area contributed by atoms with Gasteiger partial charge in [-0.05, 0) is 25.7 Å². The van der Waals surface area contributed by atoms with Crippen molar-refractivity contribution in [2.75, 3.05) is 0 Å². The average Bonchev–Trinajstić information content (AvgIpc) is 2.58. The number of carbonyl (C=O) groups is 2. The molecule has 0 N–H and O–H groups in total. The molecule has 2 saturated carbocycles. The molecule has 0 aliphatic heterocycles. The molecule has 1 atom stereocenters. The molecule has 2 rings (SSSR count). The maximum Gasteiger partial charge on any atom is 0.149 e. The fourth-order valence-corrected chi connectivity index (χ4v) is 3.32. The van der Waals surface area contributed by atoms with Gasteiger partial charge in [-0.25, -0.2) is 0 Å². The molecule has 0 aromatic carbocycles. The Balaban J connectivity index is 2.12. The lowest BCUT2D eigenvalue weighted by Crippen LogP contribution is -2.33. The van der Waals surface area contributed by atoms with E-state index in [2.05, 4.69) is 0 Å². The number of rotatable bonds is 2. The van der Waals surface area contributed by atoms with E-state index in [4.69, 9.17) is 0 Å². The molecule has 0 heterocycles. The first kappa shape index (κ1) is 10.8. The normalized spacial score (nSPS) is 29.7. The molecule has 0 radical (unpaired) electrons. The minimum absolute atomic E-state index is 0.0756. The Bertz CT molecular complexity index is 274. The monoisotopic (exact) mass is 208 g/mol. The molecule has 2 aliphatic rings. The van der Waals surface area contributed by atoms with Gasteiger partial charge in [0.05, 0.1) is 5.92 Å². The van der Waals surface area contributed by atoms with E-state index in [1.165, 1.54) is 19.3 Å². The van der Waals surface area contributed by atoms with Gasteiger partial charge in [0.25, 0.3) is 0 Å². The van der Waals surface area contributed by atoms with Crippen molar-refractivity contribution in [3.8, 4) is 0 Å². The Hall–Kier alpha value is -0.660. The zero-order chi connectivity index (χ0) is 10.9. The molecule has 2 fully saturated rings. The van der Waals surface area contributed by atoms with Gasteiger partial charge in [-0.3, -0.25) is 9.59 Å². The van der Waals surface area contributed by atoms with Gasteiger partial charge in [0.1, 0.15) is 11.6 Å². The van der Waals surface area contributed by atoms with Crippen molar-refractivity contribution in [3.05, 3.63) is 0 Å². The summed E-state index contributed by atoms with van der Waals surface area (Å²) in [7, 11) is 0. The molecule has 15 heavy (non-hydrogen) atoms. The Morgan fingerprint density at radius 1 is 1.27 bits per heavy atom. The predicted molar refractivity (Wildman–Crippen MR) is 58.5 cm³/mol. The summed E-state index contributed by atoms with van der Waals surface area (Å²) >= 11 is 0. The van der Waals surface area contributed by atoms with Crippen LogP contribution < -0.4 is 0 Å². The van der Waals surface area contributed by atoms with Crippen LogP contribution in [0.3, 0.4) is 0 Å². The Kier molecular flexibility index (Phi) is 2.94. The zero-order valence-electron chi connectivity index (χ0n) is 9.55. The van der Waals surface area contributed by atoms with Crippen LogP contribution in [0.15, 0.2) is 0 Å². The molecule has 2 nitrogen and oxygen atoms in total. The van der Waals surface area contributed by atoms with Crippen LogP contribution in [0.1, 0.15) is 58.3 Å². The third-order valence-electron chi connectivity index (χ3n) is 4.30.